The first-order valence-electron chi connectivity index (χ1n) is 8.15. The lowest BCUT2D eigenvalue weighted by molar-refractivity contribution is -0.121. The molecular weight excluding hydrogens is 382 g/mol. The number of aliphatic hydroxyl groups is 1. The summed E-state index contributed by atoms with van der Waals surface area (Å²) in [5, 5.41) is 13.7. The maximum absolute atomic E-state index is 13.6. The number of rotatable bonds is 3. The number of hydrogen-bond acceptors (Lipinski definition) is 4. The van der Waals surface area contributed by atoms with Crippen LogP contribution in [0.4, 0.5) is 10.1 Å². The van der Waals surface area contributed by atoms with Gasteiger partial charge in [-0.3, -0.25) is 4.79 Å². The second-order valence-electron chi connectivity index (χ2n) is 6.52. The molecule has 0 aliphatic carbocycles. The highest BCUT2D eigenvalue weighted by Gasteiger charge is 2.57. The van der Waals surface area contributed by atoms with Gasteiger partial charge in [0.25, 0.3) is 0 Å². The van der Waals surface area contributed by atoms with Crippen molar-refractivity contribution >= 4 is 34.8 Å². The molecule has 1 amide bonds. The zero-order valence-corrected chi connectivity index (χ0v) is 14.9. The average molecular weight is 397 g/mol. The molecule has 0 radical (unpaired) electrons. The number of aromatic nitrogens is 1. The van der Waals surface area contributed by atoms with E-state index in [-0.39, 0.29) is 5.91 Å². The topological polar surface area (TPSA) is 71.5 Å². The van der Waals surface area contributed by atoms with Crippen molar-refractivity contribution in [1.29, 1.82) is 0 Å². The lowest BCUT2D eigenvalue weighted by Crippen LogP contribution is -2.41. The predicted octanol–water partition coefficient (Wildman–Crippen LogP) is 3.40. The fourth-order valence-corrected chi connectivity index (χ4v) is 4.16. The average Bonchev–Trinajstić information content (AvgIpc) is 3.15. The third kappa shape index (κ3) is 3.07. The summed E-state index contributed by atoms with van der Waals surface area (Å²) < 4.78 is 19.4. The van der Waals surface area contributed by atoms with E-state index in [0.717, 1.165) is 0 Å². The molecule has 2 saturated heterocycles. The Bertz CT molecular complexity index is 866. The number of fused-ring (bicyclic) bond motifs is 2. The lowest BCUT2D eigenvalue weighted by Gasteiger charge is -2.30. The predicted molar refractivity (Wildman–Crippen MR) is 94.8 cm³/mol. The first-order valence-corrected chi connectivity index (χ1v) is 8.90. The lowest BCUT2D eigenvalue weighted by atomic mass is 9.74. The van der Waals surface area contributed by atoms with Gasteiger partial charge in [-0.05, 0) is 35.9 Å². The number of nitrogens with zero attached hydrogens (tertiary/aromatic N) is 1. The summed E-state index contributed by atoms with van der Waals surface area (Å²) >= 11 is 11.9. The number of carbonyl (C=O) groups excluding carboxylic acids is 1. The number of benzene rings is 1. The van der Waals surface area contributed by atoms with E-state index in [1.54, 1.807) is 24.3 Å². The smallest absolute Gasteiger partial charge is 0.230 e. The maximum atomic E-state index is 13.6. The molecule has 4 rings (SSSR count). The van der Waals surface area contributed by atoms with Crippen LogP contribution in [0.15, 0.2) is 36.5 Å². The molecule has 2 fully saturated rings. The number of ether oxygens (including phenoxy) is 1. The number of pyridine rings is 1. The number of carbonyl (C=O) groups is 1. The summed E-state index contributed by atoms with van der Waals surface area (Å²) in [6.07, 6.45) is 0.0474. The highest BCUT2D eigenvalue weighted by atomic mass is 35.5. The first kappa shape index (κ1) is 17.7. The van der Waals surface area contributed by atoms with Crippen LogP contribution in [-0.2, 0) is 9.53 Å². The summed E-state index contributed by atoms with van der Waals surface area (Å²) in [6, 6.07) is 7.73. The molecule has 136 valence electrons. The fraction of sp³-hybridized carbons (Fsp3) is 0.333. The molecular formula is C18H15Cl2FN2O3. The fourth-order valence-electron chi connectivity index (χ4n) is 3.86. The van der Waals surface area contributed by atoms with E-state index in [1.807, 2.05) is 0 Å². The largest absolute Gasteiger partial charge is 0.390 e. The number of amides is 1. The van der Waals surface area contributed by atoms with E-state index >= 15 is 0 Å². The van der Waals surface area contributed by atoms with E-state index in [4.69, 9.17) is 27.9 Å². The Balaban J connectivity index is 1.62. The number of anilines is 1. The van der Waals surface area contributed by atoms with Crippen molar-refractivity contribution in [3.05, 3.63) is 58.1 Å². The Morgan fingerprint density at radius 3 is 2.81 bits per heavy atom. The molecule has 2 aliphatic rings. The summed E-state index contributed by atoms with van der Waals surface area (Å²) in [5.41, 5.74) is 1.09. The van der Waals surface area contributed by atoms with Crippen molar-refractivity contribution < 1.29 is 19.0 Å². The van der Waals surface area contributed by atoms with Gasteiger partial charge in [0.2, 0.25) is 11.9 Å². The van der Waals surface area contributed by atoms with Crippen LogP contribution in [0.25, 0.3) is 0 Å². The molecule has 2 N–H and O–H groups in total. The van der Waals surface area contributed by atoms with Gasteiger partial charge in [0, 0.05) is 24.2 Å². The SMILES string of the molecule is O=C(Nc1ccc(Cl)c(Cl)c1)[C@@H]1[C@H](c2ccnc(F)c2)[C@@H]2O[C@H]1C[C@H]2O. The Labute approximate surface area is 159 Å². The van der Waals surface area contributed by atoms with Gasteiger partial charge in [0.15, 0.2) is 0 Å². The van der Waals surface area contributed by atoms with Crippen LogP contribution in [0.3, 0.4) is 0 Å². The van der Waals surface area contributed by atoms with Crippen LogP contribution >= 0.6 is 23.2 Å². The first-order chi connectivity index (χ1) is 12.4. The van der Waals surface area contributed by atoms with Crippen LogP contribution in [-0.4, -0.2) is 34.3 Å². The molecule has 0 unspecified atom stereocenters. The summed E-state index contributed by atoms with van der Waals surface area (Å²) in [5.74, 6) is -1.92. The van der Waals surface area contributed by atoms with Crippen LogP contribution in [0.2, 0.25) is 10.0 Å². The maximum Gasteiger partial charge on any atom is 0.230 e. The van der Waals surface area contributed by atoms with E-state index in [0.29, 0.717) is 27.7 Å². The summed E-state index contributed by atoms with van der Waals surface area (Å²) in [7, 11) is 0. The van der Waals surface area contributed by atoms with E-state index in [1.165, 1.54) is 12.3 Å². The molecule has 1 aromatic carbocycles. The Morgan fingerprint density at radius 2 is 2.08 bits per heavy atom. The van der Waals surface area contributed by atoms with Gasteiger partial charge in [0.05, 0.1) is 34.3 Å². The zero-order valence-electron chi connectivity index (χ0n) is 13.4. The molecule has 1 aromatic heterocycles. The highest BCUT2D eigenvalue weighted by Crippen LogP contribution is 2.49. The third-order valence-corrected chi connectivity index (χ3v) is 5.69. The van der Waals surface area contributed by atoms with Crippen molar-refractivity contribution in [2.45, 2.75) is 30.7 Å². The van der Waals surface area contributed by atoms with Crippen LogP contribution < -0.4 is 5.32 Å². The molecule has 2 bridgehead atoms. The Hall–Kier alpha value is -1.73. The zero-order chi connectivity index (χ0) is 18.4. The van der Waals surface area contributed by atoms with Gasteiger partial charge < -0.3 is 15.2 Å². The van der Waals surface area contributed by atoms with Crippen molar-refractivity contribution in [3.8, 4) is 0 Å². The minimum absolute atomic E-state index is 0.273. The molecule has 5 nitrogen and oxygen atoms in total. The van der Waals surface area contributed by atoms with Gasteiger partial charge in [-0.1, -0.05) is 23.2 Å². The summed E-state index contributed by atoms with van der Waals surface area (Å²) in [4.78, 5) is 16.5. The monoisotopic (exact) mass is 396 g/mol. The van der Waals surface area contributed by atoms with Gasteiger partial charge in [-0.2, -0.15) is 4.39 Å². The minimum Gasteiger partial charge on any atom is -0.390 e. The van der Waals surface area contributed by atoms with Crippen LogP contribution in [0.5, 0.6) is 0 Å². The second-order valence-corrected chi connectivity index (χ2v) is 7.34. The van der Waals surface area contributed by atoms with Crippen molar-refractivity contribution in [1.82, 2.24) is 4.98 Å². The van der Waals surface area contributed by atoms with Gasteiger partial charge in [-0.25, -0.2) is 4.98 Å². The number of halogens is 3. The summed E-state index contributed by atoms with van der Waals surface area (Å²) in [6.45, 7) is 0. The van der Waals surface area contributed by atoms with Crippen molar-refractivity contribution in [3.63, 3.8) is 0 Å². The van der Waals surface area contributed by atoms with E-state index in [9.17, 15) is 14.3 Å². The van der Waals surface area contributed by atoms with E-state index < -0.39 is 36.1 Å². The number of nitrogens with one attached hydrogen (secondary N) is 1. The molecule has 2 aliphatic heterocycles. The van der Waals surface area contributed by atoms with Crippen molar-refractivity contribution in [2.24, 2.45) is 5.92 Å². The van der Waals surface area contributed by atoms with Crippen LogP contribution in [0.1, 0.15) is 17.9 Å². The number of aliphatic hydroxyl groups excluding tert-OH is 1. The molecule has 2 aromatic rings. The molecule has 26 heavy (non-hydrogen) atoms. The Kier molecular flexibility index (Phi) is 4.61. The molecule has 5 atom stereocenters. The minimum atomic E-state index is -0.685. The molecule has 0 spiro atoms. The third-order valence-electron chi connectivity index (χ3n) is 4.95. The van der Waals surface area contributed by atoms with Gasteiger partial charge in [0.1, 0.15) is 0 Å². The number of hydrogen-bond donors (Lipinski definition) is 2. The normalized spacial score (nSPS) is 29.8. The molecule has 0 saturated carbocycles. The highest BCUT2D eigenvalue weighted by molar-refractivity contribution is 6.42. The molecule has 3 heterocycles. The second kappa shape index (κ2) is 6.78. The van der Waals surface area contributed by atoms with Gasteiger partial charge >= 0.3 is 0 Å². The van der Waals surface area contributed by atoms with Crippen molar-refractivity contribution in [2.75, 3.05) is 5.32 Å². The Morgan fingerprint density at radius 1 is 1.27 bits per heavy atom. The van der Waals surface area contributed by atoms with E-state index in [2.05, 4.69) is 10.3 Å². The quantitative estimate of drug-likeness (QED) is 0.779. The van der Waals surface area contributed by atoms with Gasteiger partial charge in [-0.15, -0.1) is 0 Å². The van der Waals surface area contributed by atoms with Crippen LogP contribution in [0, 0.1) is 11.9 Å². The standard InChI is InChI=1S/C18H15Cl2FN2O3/c19-10-2-1-9(6-11(10)20)23-18(25)16-13-7-12(24)17(26-13)15(16)8-3-4-22-14(21)5-8/h1-6,12-13,15-17,24H,7H2,(H,23,25)/t12-,13+,15+,16+,17-/m1/s1. The molecule has 8 heteroatoms.